The van der Waals surface area contributed by atoms with Gasteiger partial charge in [-0.1, -0.05) is 110 Å². The van der Waals surface area contributed by atoms with Gasteiger partial charge >= 0.3 is 5.97 Å². The van der Waals surface area contributed by atoms with Crippen molar-refractivity contribution in [2.75, 3.05) is 6.61 Å². The van der Waals surface area contributed by atoms with E-state index in [0.717, 1.165) is 49.4 Å². The highest BCUT2D eigenvalue weighted by molar-refractivity contribution is 5.75. The lowest BCUT2D eigenvalue weighted by Gasteiger charge is -2.28. The molecule has 0 aliphatic heterocycles. The predicted molar refractivity (Wildman–Crippen MR) is 160 cm³/mol. The lowest BCUT2D eigenvalue weighted by atomic mass is 9.78. The fourth-order valence-electron chi connectivity index (χ4n) is 6.76. The molecule has 0 heterocycles. The Morgan fingerprint density at radius 3 is 1.61 bits per heavy atom. The first-order valence-electron chi connectivity index (χ1n) is 16.6. The zero-order valence-electron chi connectivity index (χ0n) is 24.9. The first-order valence-corrected chi connectivity index (χ1v) is 16.6. The minimum Gasteiger partial charge on any atom is -0.494 e. The van der Waals surface area contributed by atoms with Crippen LogP contribution in [0.1, 0.15) is 149 Å². The van der Waals surface area contributed by atoms with Gasteiger partial charge in [0.05, 0.1) is 12.5 Å². The molecule has 0 N–H and O–H groups in total. The minimum atomic E-state index is -0.0469. The number of esters is 1. The van der Waals surface area contributed by atoms with Crippen molar-refractivity contribution in [1.82, 2.24) is 0 Å². The zero-order valence-corrected chi connectivity index (χ0v) is 24.9. The van der Waals surface area contributed by atoms with Crippen molar-refractivity contribution in [1.29, 1.82) is 0 Å². The molecule has 2 saturated carbocycles. The predicted octanol–water partition coefficient (Wildman–Crippen LogP) is 10.7. The van der Waals surface area contributed by atoms with E-state index in [2.05, 4.69) is 13.8 Å². The molecule has 1 aromatic carbocycles. The van der Waals surface area contributed by atoms with E-state index in [9.17, 15) is 4.79 Å². The van der Waals surface area contributed by atoms with Gasteiger partial charge in [0.25, 0.3) is 0 Å². The standard InChI is InChI=1S/C35H58O3/c1-3-5-7-9-11-14-29-16-18-31(19-17-29)15-12-28-37-33-24-26-34(27-25-33)38-35(36)32-22-20-30(21-23-32)13-10-8-6-4-2/h24-27,29-32H,3-23,28H2,1-2H3/t29-,30-,31-,32-. The first kappa shape index (κ1) is 31.0. The number of hydrogen-bond donors (Lipinski definition) is 0. The van der Waals surface area contributed by atoms with Gasteiger partial charge in [-0.3, -0.25) is 4.79 Å². The highest BCUT2D eigenvalue weighted by Gasteiger charge is 2.27. The normalized spacial score (nSPS) is 23.7. The molecule has 3 rings (SSSR count). The molecular formula is C35H58O3. The van der Waals surface area contributed by atoms with E-state index in [1.54, 1.807) is 0 Å². The molecule has 0 saturated heterocycles. The van der Waals surface area contributed by atoms with Crippen LogP contribution >= 0.6 is 0 Å². The van der Waals surface area contributed by atoms with E-state index in [1.807, 2.05) is 24.3 Å². The van der Waals surface area contributed by atoms with Crippen molar-refractivity contribution in [2.45, 2.75) is 149 Å². The van der Waals surface area contributed by atoms with Crippen LogP contribution in [0.4, 0.5) is 0 Å². The summed E-state index contributed by atoms with van der Waals surface area (Å²) in [7, 11) is 0. The quantitative estimate of drug-likeness (QED) is 0.108. The van der Waals surface area contributed by atoms with Crippen LogP contribution in [0.5, 0.6) is 11.5 Å². The van der Waals surface area contributed by atoms with Crippen LogP contribution in [0.2, 0.25) is 0 Å². The summed E-state index contributed by atoms with van der Waals surface area (Å²) in [5.41, 5.74) is 0. The Hall–Kier alpha value is -1.51. The highest BCUT2D eigenvalue weighted by atomic mass is 16.5. The van der Waals surface area contributed by atoms with Gasteiger partial charge < -0.3 is 9.47 Å². The minimum absolute atomic E-state index is 0.0469. The third-order valence-electron chi connectivity index (χ3n) is 9.40. The van der Waals surface area contributed by atoms with Gasteiger partial charge in [0.2, 0.25) is 0 Å². The molecule has 0 unspecified atom stereocenters. The van der Waals surface area contributed by atoms with Crippen molar-refractivity contribution < 1.29 is 14.3 Å². The van der Waals surface area contributed by atoms with E-state index in [-0.39, 0.29) is 11.9 Å². The lowest BCUT2D eigenvalue weighted by Crippen LogP contribution is -2.25. The second-order valence-electron chi connectivity index (χ2n) is 12.5. The van der Waals surface area contributed by atoms with Crippen LogP contribution in [0.25, 0.3) is 0 Å². The molecule has 2 fully saturated rings. The van der Waals surface area contributed by atoms with Gasteiger partial charge in [0, 0.05) is 0 Å². The maximum absolute atomic E-state index is 12.7. The Morgan fingerprint density at radius 2 is 1.05 bits per heavy atom. The van der Waals surface area contributed by atoms with Crippen LogP contribution in [0, 0.1) is 23.7 Å². The molecule has 3 nitrogen and oxygen atoms in total. The van der Waals surface area contributed by atoms with Gasteiger partial charge in [-0.2, -0.15) is 0 Å². The Labute approximate surface area is 234 Å². The van der Waals surface area contributed by atoms with Gasteiger partial charge in [0.15, 0.2) is 0 Å². The summed E-state index contributed by atoms with van der Waals surface area (Å²) in [4.78, 5) is 12.7. The number of carbonyl (C=O) groups excluding carboxylic acids is 1. The van der Waals surface area contributed by atoms with Crippen LogP contribution in [0.3, 0.4) is 0 Å². The number of hydrogen-bond acceptors (Lipinski definition) is 3. The fourth-order valence-corrected chi connectivity index (χ4v) is 6.76. The van der Waals surface area contributed by atoms with Crippen molar-refractivity contribution in [3.05, 3.63) is 24.3 Å². The molecule has 0 atom stereocenters. The van der Waals surface area contributed by atoms with Crippen molar-refractivity contribution in [3.63, 3.8) is 0 Å². The van der Waals surface area contributed by atoms with Crippen LogP contribution < -0.4 is 9.47 Å². The van der Waals surface area contributed by atoms with Crippen molar-refractivity contribution in [2.24, 2.45) is 23.7 Å². The maximum Gasteiger partial charge on any atom is 0.314 e. The zero-order chi connectivity index (χ0) is 26.8. The van der Waals surface area contributed by atoms with Crippen LogP contribution in [0.15, 0.2) is 24.3 Å². The van der Waals surface area contributed by atoms with E-state index in [1.165, 1.54) is 116 Å². The third-order valence-corrected chi connectivity index (χ3v) is 9.40. The molecule has 0 amide bonds. The number of rotatable bonds is 18. The Kier molecular flexibility index (Phi) is 15.3. The summed E-state index contributed by atoms with van der Waals surface area (Å²) in [6, 6.07) is 7.66. The van der Waals surface area contributed by atoms with E-state index >= 15 is 0 Å². The van der Waals surface area contributed by atoms with Crippen molar-refractivity contribution >= 4 is 5.97 Å². The molecule has 0 aromatic heterocycles. The molecule has 0 spiro atoms. The van der Waals surface area contributed by atoms with Gasteiger partial charge in [-0.25, -0.2) is 0 Å². The third kappa shape index (κ3) is 12.1. The molecule has 2 aliphatic rings. The van der Waals surface area contributed by atoms with E-state index in [4.69, 9.17) is 9.47 Å². The SMILES string of the molecule is CCCCCCC[C@H]1CC[C@H](CCCOc2ccc(OC(=O)[C@H]3CC[C@H](CCCCCC)CC3)cc2)CC1. The monoisotopic (exact) mass is 526 g/mol. The molecule has 38 heavy (non-hydrogen) atoms. The molecule has 3 heteroatoms. The average molecular weight is 527 g/mol. The maximum atomic E-state index is 12.7. The van der Waals surface area contributed by atoms with E-state index in [0.29, 0.717) is 5.75 Å². The summed E-state index contributed by atoms with van der Waals surface area (Å²) in [6.07, 6.45) is 27.7. The lowest BCUT2D eigenvalue weighted by molar-refractivity contribution is -0.140. The Morgan fingerprint density at radius 1 is 0.605 bits per heavy atom. The summed E-state index contributed by atoms with van der Waals surface area (Å²) >= 11 is 0. The number of ether oxygens (including phenoxy) is 2. The molecule has 0 radical (unpaired) electrons. The average Bonchev–Trinajstić information content (AvgIpc) is 2.95. The number of benzene rings is 1. The second-order valence-corrected chi connectivity index (χ2v) is 12.5. The highest BCUT2D eigenvalue weighted by Crippen LogP contribution is 2.35. The van der Waals surface area contributed by atoms with Crippen LogP contribution in [-0.2, 0) is 4.79 Å². The molecular weight excluding hydrogens is 468 g/mol. The number of unbranched alkanes of at least 4 members (excludes halogenated alkanes) is 7. The van der Waals surface area contributed by atoms with Gasteiger partial charge in [-0.15, -0.1) is 0 Å². The summed E-state index contributed by atoms with van der Waals surface area (Å²) in [5, 5.41) is 0. The Balaban J connectivity index is 1.22. The molecule has 0 bridgehead atoms. The topological polar surface area (TPSA) is 35.5 Å². The van der Waals surface area contributed by atoms with Crippen molar-refractivity contribution in [3.8, 4) is 11.5 Å². The molecule has 216 valence electrons. The largest absolute Gasteiger partial charge is 0.494 e. The first-order chi connectivity index (χ1) is 18.7. The molecule has 1 aromatic rings. The molecule has 2 aliphatic carbocycles. The smallest absolute Gasteiger partial charge is 0.314 e. The number of carbonyl (C=O) groups is 1. The van der Waals surface area contributed by atoms with Crippen LogP contribution in [-0.4, -0.2) is 12.6 Å². The van der Waals surface area contributed by atoms with E-state index < -0.39 is 0 Å². The summed E-state index contributed by atoms with van der Waals surface area (Å²) in [5.74, 6) is 4.24. The fraction of sp³-hybridized carbons (Fsp3) is 0.800. The second kappa shape index (κ2) is 18.7. The van der Waals surface area contributed by atoms with Gasteiger partial charge in [-0.05, 0) is 80.5 Å². The van der Waals surface area contributed by atoms with Gasteiger partial charge in [0.1, 0.15) is 11.5 Å². The Bertz CT molecular complexity index is 726. The summed E-state index contributed by atoms with van der Waals surface area (Å²) < 4.78 is 11.7. The summed E-state index contributed by atoms with van der Waals surface area (Å²) in [6.45, 7) is 5.34.